The van der Waals surface area contributed by atoms with E-state index in [1.807, 2.05) is 20.8 Å². The molecule has 0 saturated carbocycles. The number of hydrogen-bond donors (Lipinski definition) is 1. The third-order valence-electron chi connectivity index (χ3n) is 2.79. The van der Waals surface area contributed by atoms with E-state index < -0.39 is 15.3 Å². The molecule has 0 aromatic carbocycles. The molecule has 0 saturated heterocycles. The summed E-state index contributed by atoms with van der Waals surface area (Å²) < 4.78 is 25.3. The first kappa shape index (κ1) is 14.8. The predicted octanol–water partition coefficient (Wildman–Crippen LogP) is 0.967. The molecule has 0 heterocycles. The number of nitrogens with two attached hydrogens (primary N) is 1. The summed E-state index contributed by atoms with van der Waals surface area (Å²) >= 11 is 4.71. The molecule has 15 heavy (non-hydrogen) atoms. The van der Waals surface area contributed by atoms with Gasteiger partial charge in [0.05, 0.1) is 4.99 Å². The van der Waals surface area contributed by atoms with Crippen molar-refractivity contribution >= 4 is 27.2 Å². The molecule has 2 unspecified atom stereocenters. The Labute approximate surface area is 97.9 Å². The monoisotopic (exact) mass is 252 g/mol. The quantitative estimate of drug-likeness (QED) is 0.741. The lowest BCUT2D eigenvalue weighted by molar-refractivity contribution is 0.315. The van der Waals surface area contributed by atoms with Crippen LogP contribution in [0.3, 0.4) is 0 Å². The summed E-state index contributed by atoms with van der Waals surface area (Å²) in [6.07, 6.45) is 0. The van der Waals surface area contributed by atoms with Crippen LogP contribution in [0, 0.1) is 5.92 Å². The van der Waals surface area contributed by atoms with E-state index in [1.165, 1.54) is 11.2 Å². The maximum absolute atomic E-state index is 12.0. The minimum absolute atomic E-state index is 0.0119. The third kappa shape index (κ3) is 3.39. The molecule has 0 aromatic heterocycles. The van der Waals surface area contributed by atoms with Gasteiger partial charge in [0.15, 0.2) is 0 Å². The minimum Gasteiger partial charge on any atom is -0.392 e. The predicted molar refractivity (Wildman–Crippen MR) is 67.2 cm³/mol. The minimum atomic E-state index is -3.42. The lowest BCUT2D eigenvalue weighted by Gasteiger charge is -2.29. The molecule has 0 fully saturated rings. The van der Waals surface area contributed by atoms with Crippen LogP contribution in [-0.2, 0) is 10.0 Å². The summed E-state index contributed by atoms with van der Waals surface area (Å²) in [5.41, 5.74) is 5.36. The highest BCUT2D eigenvalue weighted by atomic mass is 32.2. The van der Waals surface area contributed by atoms with Gasteiger partial charge in [0.25, 0.3) is 0 Å². The Balaban J connectivity index is 4.97. The molecule has 2 N–H and O–H groups in total. The van der Waals surface area contributed by atoms with Gasteiger partial charge >= 0.3 is 0 Å². The summed E-state index contributed by atoms with van der Waals surface area (Å²) in [4.78, 5) is 0.0119. The number of nitrogens with zero attached hydrogens (tertiary/aromatic N) is 1. The van der Waals surface area contributed by atoms with Crippen molar-refractivity contribution in [2.24, 2.45) is 11.7 Å². The first-order valence-electron chi connectivity index (χ1n) is 4.88. The summed E-state index contributed by atoms with van der Waals surface area (Å²) in [7, 11) is -1.85. The molecule has 0 spiro atoms. The van der Waals surface area contributed by atoms with Gasteiger partial charge in [0.1, 0.15) is 5.25 Å². The van der Waals surface area contributed by atoms with Crippen molar-refractivity contribution in [3.63, 3.8) is 0 Å². The molecule has 90 valence electrons. The molecule has 4 nitrogen and oxygen atoms in total. The Bertz CT molecular complexity index is 325. The first-order chi connectivity index (χ1) is 6.62. The van der Waals surface area contributed by atoms with Gasteiger partial charge in [-0.05, 0) is 19.8 Å². The summed E-state index contributed by atoms with van der Waals surface area (Å²) in [6.45, 7) is 7.33. The van der Waals surface area contributed by atoms with Gasteiger partial charge in [-0.15, -0.1) is 0 Å². The third-order valence-corrected chi connectivity index (χ3v) is 5.57. The van der Waals surface area contributed by atoms with Crippen molar-refractivity contribution in [1.29, 1.82) is 0 Å². The smallest absolute Gasteiger partial charge is 0.223 e. The molecular weight excluding hydrogens is 232 g/mol. The number of rotatable bonds is 5. The van der Waals surface area contributed by atoms with E-state index in [4.69, 9.17) is 18.0 Å². The molecule has 0 bridgehead atoms. The van der Waals surface area contributed by atoms with Gasteiger partial charge in [0.2, 0.25) is 10.0 Å². The van der Waals surface area contributed by atoms with Crippen molar-refractivity contribution < 1.29 is 8.42 Å². The number of hydrogen-bond acceptors (Lipinski definition) is 3. The molecule has 6 heteroatoms. The Hall–Kier alpha value is -0.200. The van der Waals surface area contributed by atoms with Crippen LogP contribution in [0.5, 0.6) is 0 Å². The van der Waals surface area contributed by atoms with E-state index in [0.29, 0.717) is 0 Å². The zero-order chi connectivity index (χ0) is 12.4. The largest absolute Gasteiger partial charge is 0.392 e. The van der Waals surface area contributed by atoms with Crippen LogP contribution in [0.25, 0.3) is 0 Å². The Morgan fingerprint density at radius 1 is 1.27 bits per heavy atom. The van der Waals surface area contributed by atoms with E-state index >= 15 is 0 Å². The van der Waals surface area contributed by atoms with Crippen molar-refractivity contribution in [2.75, 3.05) is 7.05 Å². The second-order valence-corrected chi connectivity index (χ2v) is 6.87. The lowest BCUT2D eigenvalue weighted by atomic mass is 10.1. The Kier molecular flexibility index (Phi) is 5.16. The highest BCUT2D eigenvalue weighted by molar-refractivity contribution is 7.92. The molecular formula is C9H20N2O2S2. The average Bonchev–Trinajstić information content (AvgIpc) is 2.13. The Morgan fingerprint density at radius 2 is 1.67 bits per heavy atom. The van der Waals surface area contributed by atoms with Crippen molar-refractivity contribution in [3.05, 3.63) is 0 Å². The van der Waals surface area contributed by atoms with Gasteiger partial charge in [-0.25, -0.2) is 12.7 Å². The second-order valence-electron chi connectivity index (χ2n) is 4.09. The van der Waals surface area contributed by atoms with Crippen molar-refractivity contribution in [2.45, 2.75) is 39.0 Å². The van der Waals surface area contributed by atoms with Crippen molar-refractivity contribution in [1.82, 2.24) is 4.31 Å². The van der Waals surface area contributed by atoms with Crippen LogP contribution in [0.2, 0.25) is 0 Å². The zero-order valence-corrected chi connectivity index (χ0v) is 11.5. The Morgan fingerprint density at radius 3 is 1.93 bits per heavy atom. The molecule has 0 aromatic rings. The van der Waals surface area contributed by atoms with Gasteiger partial charge in [0, 0.05) is 13.1 Å². The molecule has 0 rings (SSSR count). The van der Waals surface area contributed by atoms with E-state index in [9.17, 15) is 8.42 Å². The summed E-state index contributed by atoms with van der Waals surface area (Å²) in [5, 5.41) is -0.807. The van der Waals surface area contributed by atoms with Gasteiger partial charge in [-0.1, -0.05) is 26.1 Å². The SMILES string of the molecule is CC(C)C(C)N(C)S(=O)(=O)C(C)C(N)=S. The van der Waals surface area contributed by atoms with E-state index in [1.54, 1.807) is 7.05 Å². The standard InChI is InChI=1S/C9H20N2O2S2/c1-6(2)7(3)11(5)15(12,13)8(4)9(10)14/h6-8H,1-5H3,(H2,10,14). The van der Waals surface area contributed by atoms with E-state index in [-0.39, 0.29) is 16.9 Å². The van der Waals surface area contributed by atoms with Crippen LogP contribution in [0.4, 0.5) is 0 Å². The molecule has 0 aliphatic rings. The van der Waals surface area contributed by atoms with Crippen LogP contribution in [0.15, 0.2) is 0 Å². The first-order valence-corrected chi connectivity index (χ1v) is 6.79. The fourth-order valence-electron chi connectivity index (χ4n) is 1.05. The van der Waals surface area contributed by atoms with Gasteiger partial charge < -0.3 is 5.73 Å². The normalized spacial score (nSPS) is 16.7. The zero-order valence-electron chi connectivity index (χ0n) is 9.89. The molecule has 2 atom stereocenters. The average molecular weight is 252 g/mol. The fraction of sp³-hybridized carbons (Fsp3) is 0.889. The molecule has 0 aliphatic carbocycles. The van der Waals surface area contributed by atoms with Crippen LogP contribution in [0.1, 0.15) is 27.7 Å². The van der Waals surface area contributed by atoms with Crippen LogP contribution >= 0.6 is 12.2 Å². The highest BCUT2D eigenvalue weighted by Crippen LogP contribution is 2.16. The molecule has 0 radical (unpaired) electrons. The second kappa shape index (κ2) is 5.23. The molecule has 0 aliphatic heterocycles. The summed E-state index contributed by atoms with van der Waals surface area (Å²) in [6, 6.07) is -0.0631. The summed E-state index contributed by atoms with van der Waals surface area (Å²) in [5.74, 6) is 0.253. The van der Waals surface area contributed by atoms with Crippen LogP contribution < -0.4 is 5.73 Å². The number of thiocarbonyl (C=S) groups is 1. The lowest BCUT2D eigenvalue weighted by Crippen LogP contribution is -2.46. The van der Waals surface area contributed by atoms with Crippen LogP contribution in [-0.4, -0.2) is 36.1 Å². The van der Waals surface area contributed by atoms with E-state index in [2.05, 4.69) is 0 Å². The van der Waals surface area contributed by atoms with Gasteiger partial charge in [-0.3, -0.25) is 0 Å². The maximum Gasteiger partial charge on any atom is 0.223 e. The fourth-order valence-corrected chi connectivity index (χ4v) is 2.91. The topological polar surface area (TPSA) is 63.4 Å². The van der Waals surface area contributed by atoms with Crippen molar-refractivity contribution in [3.8, 4) is 0 Å². The molecule has 0 amide bonds. The van der Waals surface area contributed by atoms with E-state index in [0.717, 1.165) is 0 Å². The maximum atomic E-state index is 12.0. The highest BCUT2D eigenvalue weighted by Gasteiger charge is 2.31. The number of sulfonamides is 1. The van der Waals surface area contributed by atoms with Gasteiger partial charge in [-0.2, -0.15) is 0 Å².